The molecule has 1 fully saturated rings. The number of carbonyl (C=O) groups is 1. The first-order chi connectivity index (χ1) is 8.74. The Morgan fingerprint density at radius 3 is 2.72 bits per heavy atom. The Kier molecular flexibility index (Phi) is 2.67. The van der Waals surface area contributed by atoms with Crippen LogP contribution in [0.1, 0.15) is 18.4 Å². The topological polar surface area (TPSA) is 44.7 Å². The van der Waals surface area contributed by atoms with E-state index >= 15 is 0 Å². The summed E-state index contributed by atoms with van der Waals surface area (Å²) in [5, 5.41) is 3.31. The van der Waals surface area contributed by atoms with Crippen molar-refractivity contribution in [1.82, 2.24) is 5.32 Å². The first kappa shape index (κ1) is 11.4. The fourth-order valence-corrected chi connectivity index (χ4v) is 2.87. The minimum absolute atomic E-state index is 0.00672. The maximum Gasteiger partial charge on any atom is 0.273 e. The van der Waals surface area contributed by atoms with Gasteiger partial charge in [-0.15, -0.1) is 0 Å². The maximum absolute atomic E-state index is 12.2. The van der Waals surface area contributed by atoms with Gasteiger partial charge in [0.05, 0.1) is 6.34 Å². The highest BCUT2D eigenvalue weighted by molar-refractivity contribution is 6.08. The monoisotopic (exact) mass is 243 g/mol. The van der Waals surface area contributed by atoms with Crippen LogP contribution >= 0.6 is 0 Å². The molecule has 0 bridgehead atoms. The molecule has 18 heavy (non-hydrogen) atoms. The number of aryl methyl sites for hydroxylation is 1. The Labute approximate surface area is 107 Å². The summed E-state index contributed by atoms with van der Waals surface area (Å²) in [5.74, 6) is 0.00672. The highest BCUT2D eigenvalue weighted by Gasteiger charge is 2.48. The van der Waals surface area contributed by atoms with Gasteiger partial charge in [-0.25, -0.2) is 4.99 Å². The zero-order valence-corrected chi connectivity index (χ0v) is 10.5. The van der Waals surface area contributed by atoms with Gasteiger partial charge in [0, 0.05) is 5.69 Å². The molecule has 1 spiro atoms. The number of benzene rings is 1. The first-order valence-corrected chi connectivity index (χ1v) is 6.38. The smallest absolute Gasteiger partial charge is 0.273 e. The third-order valence-electron chi connectivity index (χ3n) is 3.96. The summed E-state index contributed by atoms with van der Waals surface area (Å²) in [5.41, 5.74) is 1.82. The minimum Gasteiger partial charge on any atom is -0.317 e. The van der Waals surface area contributed by atoms with Crippen LogP contribution in [0.15, 0.2) is 29.3 Å². The second-order valence-electron chi connectivity index (χ2n) is 4.99. The van der Waals surface area contributed by atoms with Gasteiger partial charge in [0.15, 0.2) is 0 Å². The zero-order chi connectivity index (χ0) is 12.6. The van der Waals surface area contributed by atoms with Crippen LogP contribution in [0.3, 0.4) is 0 Å². The molecular weight excluding hydrogens is 226 g/mol. The summed E-state index contributed by atoms with van der Waals surface area (Å²) in [7, 11) is 0. The molecule has 2 aliphatic heterocycles. The van der Waals surface area contributed by atoms with Gasteiger partial charge in [-0.05, 0) is 44.5 Å². The van der Waals surface area contributed by atoms with Crippen LogP contribution in [0, 0.1) is 6.92 Å². The van der Waals surface area contributed by atoms with E-state index in [1.165, 1.54) is 5.56 Å². The highest BCUT2D eigenvalue weighted by Crippen LogP contribution is 2.36. The molecule has 4 heteroatoms. The molecule has 2 heterocycles. The third-order valence-corrected chi connectivity index (χ3v) is 3.96. The van der Waals surface area contributed by atoms with E-state index in [0.717, 1.165) is 31.6 Å². The average Bonchev–Trinajstić information content (AvgIpc) is 2.69. The first-order valence-electron chi connectivity index (χ1n) is 6.38. The van der Waals surface area contributed by atoms with Crippen molar-refractivity contribution in [3.63, 3.8) is 0 Å². The normalized spacial score (nSPS) is 21.8. The van der Waals surface area contributed by atoms with E-state index in [1.54, 1.807) is 6.34 Å². The number of aliphatic imine (C=N–C) groups is 1. The number of nitrogens with one attached hydrogen (secondary N) is 1. The van der Waals surface area contributed by atoms with E-state index in [9.17, 15) is 4.79 Å². The van der Waals surface area contributed by atoms with E-state index in [-0.39, 0.29) is 5.91 Å². The quantitative estimate of drug-likeness (QED) is 0.813. The molecule has 0 saturated carbocycles. The molecule has 1 saturated heterocycles. The average molecular weight is 243 g/mol. The van der Waals surface area contributed by atoms with Gasteiger partial charge in [0.1, 0.15) is 5.54 Å². The second-order valence-corrected chi connectivity index (χ2v) is 4.99. The van der Waals surface area contributed by atoms with Crippen LogP contribution in [0.2, 0.25) is 0 Å². The van der Waals surface area contributed by atoms with Crippen molar-refractivity contribution >= 4 is 17.9 Å². The SMILES string of the molecule is Cc1ccccc1N1C=NC(=O)C12CCNCC2. The largest absolute Gasteiger partial charge is 0.317 e. The highest BCUT2D eigenvalue weighted by atomic mass is 16.2. The standard InChI is InChI=1S/C14H17N3O/c1-11-4-2-3-5-12(11)17-10-16-13(18)14(17)6-8-15-9-7-14/h2-5,10,15H,6-9H2,1H3. The van der Waals surface area contributed by atoms with Crippen molar-refractivity contribution < 1.29 is 4.79 Å². The molecule has 1 aromatic carbocycles. The molecule has 1 amide bonds. The number of carbonyl (C=O) groups excluding carboxylic acids is 1. The Bertz CT molecular complexity index is 504. The lowest BCUT2D eigenvalue weighted by Gasteiger charge is -2.40. The summed E-state index contributed by atoms with van der Waals surface area (Å²) >= 11 is 0. The minimum atomic E-state index is -0.447. The maximum atomic E-state index is 12.2. The van der Waals surface area contributed by atoms with Crippen molar-refractivity contribution in [2.24, 2.45) is 4.99 Å². The number of anilines is 1. The lowest BCUT2D eigenvalue weighted by Crippen LogP contribution is -2.56. The number of nitrogens with zero attached hydrogens (tertiary/aromatic N) is 2. The summed E-state index contributed by atoms with van der Waals surface area (Å²) in [6.45, 7) is 3.82. The van der Waals surface area contributed by atoms with Crippen LogP contribution in [-0.4, -0.2) is 30.9 Å². The van der Waals surface area contributed by atoms with Gasteiger partial charge < -0.3 is 10.2 Å². The molecule has 0 aliphatic carbocycles. The summed E-state index contributed by atoms with van der Waals surface area (Å²) in [4.78, 5) is 18.3. The summed E-state index contributed by atoms with van der Waals surface area (Å²) in [6, 6.07) is 8.15. The van der Waals surface area contributed by atoms with E-state index < -0.39 is 5.54 Å². The molecule has 0 atom stereocenters. The zero-order valence-electron chi connectivity index (χ0n) is 10.5. The van der Waals surface area contributed by atoms with Gasteiger partial charge in [-0.1, -0.05) is 18.2 Å². The Morgan fingerprint density at radius 1 is 1.28 bits per heavy atom. The van der Waals surface area contributed by atoms with Gasteiger partial charge >= 0.3 is 0 Å². The van der Waals surface area contributed by atoms with E-state index in [4.69, 9.17) is 0 Å². The van der Waals surface area contributed by atoms with Crippen LogP contribution < -0.4 is 10.2 Å². The number of piperidine rings is 1. The lowest BCUT2D eigenvalue weighted by molar-refractivity contribution is -0.122. The molecule has 4 nitrogen and oxygen atoms in total. The van der Waals surface area contributed by atoms with E-state index in [2.05, 4.69) is 34.3 Å². The molecule has 94 valence electrons. The molecule has 0 aromatic heterocycles. The number of hydrogen-bond donors (Lipinski definition) is 1. The molecule has 0 unspecified atom stereocenters. The summed E-state index contributed by atoms with van der Waals surface area (Å²) < 4.78 is 0. The Morgan fingerprint density at radius 2 is 2.00 bits per heavy atom. The summed E-state index contributed by atoms with van der Waals surface area (Å²) in [6.07, 6.45) is 3.34. The molecule has 0 radical (unpaired) electrons. The van der Waals surface area contributed by atoms with Crippen LogP contribution in [0.25, 0.3) is 0 Å². The molecule has 1 N–H and O–H groups in total. The van der Waals surface area contributed by atoms with Crippen LogP contribution in [0.5, 0.6) is 0 Å². The van der Waals surface area contributed by atoms with Crippen molar-refractivity contribution in [2.75, 3.05) is 18.0 Å². The van der Waals surface area contributed by atoms with Gasteiger partial charge in [-0.2, -0.15) is 0 Å². The van der Waals surface area contributed by atoms with Crippen LogP contribution in [-0.2, 0) is 4.79 Å². The van der Waals surface area contributed by atoms with Crippen molar-refractivity contribution in [2.45, 2.75) is 25.3 Å². The van der Waals surface area contributed by atoms with Crippen LogP contribution in [0.4, 0.5) is 5.69 Å². The number of para-hydroxylation sites is 1. The van der Waals surface area contributed by atoms with Crippen molar-refractivity contribution in [1.29, 1.82) is 0 Å². The number of hydrogen-bond acceptors (Lipinski definition) is 3. The van der Waals surface area contributed by atoms with Gasteiger partial charge in [-0.3, -0.25) is 4.79 Å². The van der Waals surface area contributed by atoms with Crippen molar-refractivity contribution in [3.05, 3.63) is 29.8 Å². The molecule has 2 aliphatic rings. The Balaban J connectivity index is 2.03. The predicted molar refractivity (Wildman–Crippen MR) is 72.0 cm³/mol. The van der Waals surface area contributed by atoms with E-state index in [1.807, 2.05) is 12.1 Å². The molecular formula is C14H17N3O. The molecule has 3 rings (SSSR count). The fourth-order valence-electron chi connectivity index (χ4n) is 2.87. The Hall–Kier alpha value is -1.68. The second kappa shape index (κ2) is 4.21. The number of rotatable bonds is 1. The molecule has 1 aromatic rings. The van der Waals surface area contributed by atoms with E-state index in [0.29, 0.717) is 0 Å². The van der Waals surface area contributed by atoms with Crippen molar-refractivity contribution in [3.8, 4) is 0 Å². The lowest BCUT2D eigenvalue weighted by atomic mass is 9.86. The van der Waals surface area contributed by atoms with Gasteiger partial charge in [0.2, 0.25) is 0 Å². The third kappa shape index (κ3) is 1.56. The fraction of sp³-hybridized carbons (Fsp3) is 0.429. The van der Waals surface area contributed by atoms with Gasteiger partial charge in [0.25, 0.3) is 5.91 Å². The number of amides is 1. The predicted octanol–water partition coefficient (Wildman–Crippen LogP) is 1.49.